The lowest BCUT2D eigenvalue weighted by Gasteiger charge is -2.52. The minimum Gasteiger partial charge on any atom is -0.387 e. The largest absolute Gasteiger partial charge is 0.473 e. The van der Waals surface area contributed by atoms with E-state index in [0.29, 0.717) is 0 Å². The van der Waals surface area contributed by atoms with E-state index in [0.717, 1.165) is 6.20 Å². The molecule has 4 aliphatic heterocycles. The number of ketones is 1. The number of aromatic amines is 2. The molecule has 0 bridgehead atoms. The molecule has 3 saturated heterocycles. The second-order valence-corrected chi connectivity index (χ2v) is 13.3. The first-order valence-corrected chi connectivity index (χ1v) is 16.2. The van der Waals surface area contributed by atoms with Crippen molar-refractivity contribution in [3.63, 3.8) is 0 Å². The molecular formula is C22H30IN9O15P2. The maximum Gasteiger partial charge on any atom is 0.473 e. The molecule has 7 heterocycles. The molecule has 4 aliphatic rings. The Kier molecular flexibility index (Phi) is 11.0. The lowest BCUT2D eigenvalue weighted by atomic mass is 9.80. The van der Waals surface area contributed by atoms with Gasteiger partial charge in [-0.1, -0.05) is 7.43 Å². The standard InChI is InChI=1S/C11H15N4O8P.C10H10N5O7P.CH4.HI/c12-10-14-7-3(8(16)15-10)1-4-9(13-7)22-5-2-21-24(19,20)23-6(5)11(4,17)18;11-10-14-8-5(9(18)15-10)13-3(1-12-8)6(17)7-4(16)2-21-23(19,20)22-7;;/h4-6,9,17-18H,1-2H2,(H,19,20)(H4,12,13,14,15,16);1,4,7,16H,2H2,(H,19,20)(H3,11,12,14,15,18);1H4;1H/t4-,5-,6+,9-;4-,7+;;/m11../s1. The van der Waals surface area contributed by atoms with Crippen molar-refractivity contribution in [2.45, 2.75) is 50.3 Å². The third-order valence-corrected chi connectivity index (χ3v) is 9.26. The number of nitrogens with zero attached hydrogens (tertiary/aromatic N) is 4. The Bertz CT molecular complexity index is 1980. The highest BCUT2D eigenvalue weighted by Crippen LogP contribution is 2.54. The van der Waals surface area contributed by atoms with Gasteiger partial charge in [0.25, 0.3) is 11.1 Å². The number of hydrogen-bond acceptors (Lipinski definition) is 20. The molecule has 3 aromatic heterocycles. The number of fused-ring (bicyclic) bond motifs is 4. The number of nitrogens with one attached hydrogen (secondary N) is 3. The highest BCUT2D eigenvalue weighted by Gasteiger charge is 2.61. The summed E-state index contributed by atoms with van der Waals surface area (Å²) in [6.45, 7) is -0.923. The fourth-order valence-electron chi connectivity index (χ4n) is 5.17. The predicted molar refractivity (Wildman–Crippen MR) is 172 cm³/mol. The Morgan fingerprint density at radius 1 is 0.980 bits per heavy atom. The molecule has 0 aromatic carbocycles. The number of Topliss-reactive ketones (excluding diaryl/α,β-unsaturated/α-hetero) is 1. The average molecular weight is 849 g/mol. The summed E-state index contributed by atoms with van der Waals surface area (Å²) in [5, 5.41) is 33.6. The first-order valence-electron chi connectivity index (χ1n) is 13.3. The van der Waals surface area contributed by atoms with Crippen molar-refractivity contribution in [2.24, 2.45) is 5.92 Å². The topological polar surface area (TPSA) is 380 Å². The maximum atomic E-state index is 12.3. The Balaban J connectivity index is 0.000000212. The number of rotatable bonds is 2. The number of aromatic nitrogens is 6. The summed E-state index contributed by atoms with van der Waals surface area (Å²) >= 11 is 0. The number of halogens is 1. The molecule has 270 valence electrons. The van der Waals surface area contributed by atoms with Crippen LogP contribution in [0.25, 0.3) is 11.2 Å². The third-order valence-electron chi connectivity index (χ3n) is 7.33. The summed E-state index contributed by atoms with van der Waals surface area (Å²) in [6, 6.07) is 0. The molecule has 0 spiro atoms. The third kappa shape index (κ3) is 7.68. The van der Waals surface area contributed by atoms with Crippen LogP contribution in [-0.4, -0.2) is 110 Å². The summed E-state index contributed by atoms with van der Waals surface area (Å²) < 4.78 is 46.9. The van der Waals surface area contributed by atoms with Crippen LogP contribution in [0.3, 0.4) is 0 Å². The number of phosphoric acid groups is 2. The number of aliphatic hydroxyl groups excluding tert-OH is 1. The van der Waals surface area contributed by atoms with E-state index in [-0.39, 0.29) is 84.6 Å². The second-order valence-electron chi connectivity index (χ2n) is 10.5. The van der Waals surface area contributed by atoms with Gasteiger partial charge in [0.2, 0.25) is 23.5 Å². The number of carbonyl (C=O) groups excluding carboxylic acids is 1. The zero-order valence-electron chi connectivity index (χ0n) is 23.7. The Hall–Kier alpha value is -3.04. The van der Waals surface area contributed by atoms with E-state index < -0.39 is 81.5 Å². The molecule has 12 N–H and O–H groups in total. The van der Waals surface area contributed by atoms with Gasteiger partial charge in [0.15, 0.2) is 23.4 Å². The maximum absolute atomic E-state index is 12.3. The van der Waals surface area contributed by atoms with E-state index >= 15 is 0 Å². The number of phosphoric ester groups is 2. The van der Waals surface area contributed by atoms with Crippen molar-refractivity contribution in [2.75, 3.05) is 30.0 Å². The van der Waals surface area contributed by atoms with E-state index in [9.17, 15) is 48.6 Å². The van der Waals surface area contributed by atoms with E-state index in [1.807, 2.05) is 0 Å². The average Bonchev–Trinajstić information content (AvgIpc) is 2.98. The number of nitrogens with two attached hydrogens (primary N) is 2. The van der Waals surface area contributed by atoms with Crippen molar-refractivity contribution < 1.29 is 61.9 Å². The van der Waals surface area contributed by atoms with E-state index in [1.54, 1.807) is 0 Å². The van der Waals surface area contributed by atoms with Gasteiger partial charge < -0.3 is 46.6 Å². The molecule has 0 aliphatic carbocycles. The number of H-pyrrole nitrogens is 2. The monoisotopic (exact) mass is 849 g/mol. The minimum atomic E-state index is -4.44. The fourth-order valence-corrected chi connectivity index (χ4v) is 7.07. The van der Waals surface area contributed by atoms with Gasteiger partial charge in [-0.2, -0.15) is 9.97 Å². The molecule has 2 unspecified atom stereocenters. The lowest BCUT2D eigenvalue weighted by molar-refractivity contribution is -0.337. The van der Waals surface area contributed by atoms with Crippen LogP contribution in [0.2, 0.25) is 0 Å². The first-order chi connectivity index (χ1) is 21.9. The van der Waals surface area contributed by atoms with E-state index in [2.05, 4.69) is 48.8 Å². The van der Waals surface area contributed by atoms with Crippen LogP contribution in [0.1, 0.15) is 23.5 Å². The van der Waals surface area contributed by atoms with Gasteiger partial charge in [-0.15, -0.1) is 24.0 Å². The van der Waals surface area contributed by atoms with Crippen LogP contribution in [0, 0.1) is 5.92 Å². The lowest BCUT2D eigenvalue weighted by Crippen LogP contribution is -2.68. The Labute approximate surface area is 289 Å². The molecule has 27 heteroatoms. The Morgan fingerprint density at radius 2 is 1.61 bits per heavy atom. The number of anilines is 3. The van der Waals surface area contributed by atoms with Gasteiger partial charge in [0.1, 0.15) is 29.9 Å². The molecule has 8 atom stereocenters. The molecular weight excluding hydrogens is 819 g/mol. The second kappa shape index (κ2) is 13.9. The van der Waals surface area contributed by atoms with Gasteiger partial charge >= 0.3 is 15.6 Å². The molecule has 7 rings (SSSR count). The van der Waals surface area contributed by atoms with Crippen LogP contribution in [0.5, 0.6) is 0 Å². The van der Waals surface area contributed by atoms with E-state index in [1.165, 1.54) is 0 Å². The molecule has 0 amide bonds. The fraction of sp³-hybridized carbons (Fsp3) is 0.500. The molecule has 0 saturated carbocycles. The summed E-state index contributed by atoms with van der Waals surface area (Å²) in [6.07, 6.45) is -5.69. The van der Waals surface area contributed by atoms with Gasteiger partial charge in [-0.05, 0) is 6.42 Å². The van der Waals surface area contributed by atoms with Crippen molar-refractivity contribution in [1.82, 2.24) is 29.9 Å². The molecule has 0 radical (unpaired) electrons. The first kappa shape index (κ1) is 38.8. The highest BCUT2D eigenvalue weighted by molar-refractivity contribution is 14.0. The SMILES string of the molecule is C.I.Nc1nc2c(c(=O)[nH]1)C[C@@H]1[C@H](N2)O[C@@H]2COP(=O)(O)O[C@@H]2C1(O)O.Nc1nc2ncc(C(=O)[C@H]3OP(=O)(O)OC[C@H]3O)nc2c(=O)[nH]1. The quantitative estimate of drug-likeness (QED) is 0.0550. The normalized spacial score (nSPS) is 32.7. The van der Waals surface area contributed by atoms with E-state index in [4.69, 9.17) is 20.7 Å². The van der Waals surface area contributed by atoms with Gasteiger partial charge in [0.05, 0.1) is 30.9 Å². The summed E-state index contributed by atoms with van der Waals surface area (Å²) in [5.41, 5.74) is 9.11. The number of carbonyl (C=O) groups is 1. The number of hydrogen-bond donors (Lipinski definition) is 10. The van der Waals surface area contributed by atoms with Crippen molar-refractivity contribution in [3.05, 3.63) is 38.2 Å². The molecule has 3 fully saturated rings. The van der Waals surface area contributed by atoms with Crippen LogP contribution < -0.4 is 27.9 Å². The van der Waals surface area contributed by atoms with Crippen molar-refractivity contribution in [1.29, 1.82) is 0 Å². The predicted octanol–water partition coefficient (Wildman–Crippen LogP) is -2.53. The highest BCUT2D eigenvalue weighted by atomic mass is 127. The van der Waals surface area contributed by atoms with Crippen LogP contribution in [0.4, 0.5) is 17.7 Å². The number of nitrogen functional groups attached to an aromatic ring is 2. The summed E-state index contributed by atoms with van der Waals surface area (Å²) in [4.78, 5) is 74.5. The van der Waals surface area contributed by atoms with Crippen LogP contribution in [-0.2, 0) is 38.4 Å². The minimum absolute atomic E-state index is 0. The molecule has 3 aromatic rings. The number of ether oxygens (including phenoxy) is 1. The molecule has 49 heavy (non-hydrogen) atoms. The van der Waals surface area contributed by atoms with Crippen molar-refractivity contribution >= 4 is 74.3 Å². The summed E-state index contributed by atoms with van der Waals surface area (Å²) in [7, 11) is -8.85. The Morgan fingerprint density at radius 3 is 2.33 bits per heavy atom. The number of aliphatic hydroxyl groups is 3. The summed E-state index contributed by atoms with van der Waals surface area (Å²) in [5.74, 6) is -4.59. The smallest absolute Gasteiger partial charge is 0.387 e. The van der Waals surface area contributed by atoms with Gasteiger partial charge in [-0.25, -0.2) is 19.1 Å². The molecule has 24 nitrogen and oxygen atoms in total. The zero-order chi connectivity index (χ0) is 34.1. The van der Waals surface area contributed by atoms with Gasteiger partial charge in [-0.3, -0.25) is 42.4 Å². The van der Waals surface area contributed by atoms with Crippen LogP contribution in [0.15, 0.2) is 15.8 Å². The van der Waals surface area contributed by atoms with Gasteiger partial charge in [0, 0.05) is 0 Å². The van der Waals surface area contributed by atoms with Crippen LogP contribution >= 0.6 is 39.6 Å². The zero-order valence-corrected chi connectivity index (χ0v) is 27.8. The van der Waals surface area contributed by atoms with Crippen molar-refractivity contribution in [3.8, 4) is 0 Å².